The van der Waals surface area contributed by atoms with Crippen LogP contribution in [0.15, 0.2) is 0 Å². The van der Waals surface area contributed by atoms with Gasteiger partial charge in [0.15, 0.2) is 0 Å². The lowest BCUT2D eigenvalue weighted by molar-refractivity contribution is -0.140. The van der Waals surface area contributed by atoms with Crippen molar-refractivity contribution in [1.82, 2.24) is 10.2 Å². The molecule has 0 aromatic carbocycles. The molecular weight excluding hydrogens is 223 g/mol. The monoisotopic (exact) mass is 239 g/mol. The Labute approximate surface area is 92.0 Å². The number of hydrogen-bond acceptors (Lipinski definition) is 3. The molecule has 7 heteroatoms. The quantitative estimate of drug-likeness (QED) is 0.731. The van der Waals surface area contributed by atoms with Gasteiger partial charge in [-0.05, 0) is 6.42 Å². The van der Waals surface area contributed by atoms with Crippen molar-refractivity contribution >= 4 is 5.91 Å². The van der Waals surface area contributed by atoms with Gasteiger partial charge in [-0.3, -0.25) is 9.69 Å². The van der Waals surface area contributed by atoms with E-state index in [0.29, 0.717) is 13.1 Å². The van der Waals surface area contributed by atoms with Crippen LogP contribution in [0, 0.1) is 0 Å². The maximum absolute atomic E-state index is 11.8. The van der Waals surface area contributed by atoms with Gasteiger partial charge >= 0.3 is 6.18 Å². The van der Waals surface area contributed by atoms with Crippen LogP contribution in [0.1, 0.15) is 13.3 Å². The summed E-state index contributed by atoms with van der Waals surface area (Å²) in [6.07, 6.45) is -3.56. The Bertz CT molecular complexity index is 261. The summed E-state index contributed by atoms with van der Waals surface area (Å²) in [5, 5.41) is 1.82. The number of amides is 1. The Kier molecular flexibility index (Phi) is 3.80. The van der Waals surface area contributed by atoms with Gasteiger partial charge in [0.25, 0.3) is 0 Å². The second kappa shape index (κ2) is 4.58. The zero-order chi connectivity index (χ0) is 12.4. The summed E-state index contributed by atoms with van der Waals surface area (Å²) < 4.78 is 35.3. The van der Waals surface area contributed by atoms with Crippen molar-refractivity contribution in [2.45, 2.75) is 25.1 Å². The molecular formula is C9H16F3N3O. The summed E-state index contributed by atoms with van der Waals surface area (Å²) >= 11 is 0. The minimum atomic E-state index is -4.36. The van der Waals surface area contributed by atoms with Crippen LogP contribution in [-0.2, 0) is 4.79 Å². The number of nitrogens with one attached hydrogen (secondary N) is 1. The minimum absolute atomic E-state index is 0.0188. The van der Waals surface area contributed by atoms with Crippen LogP contribution < -0.4 is 11.1 Å². The lowest BCUT2D eigenvalue weighted by Crippen LogP contribution is -2.68. The fraction of sp³-hybridized carbons (Fsp3) is 0.889. The average Bonchev–Trinajstić information content (AvgIpc) is 2.11. The summed E-state index contributed by atoms with van der Waals surface area (Å²) in [5.74, 6) is -0.615. The molecule has 1 amide bonds. The Morgan fingerprint density at radius 2 is 2.06 bits per heavy atom. The molecule has 0 unspecified atom stereocenters. The first-order valence-electron chi connectivity index (χ1n) is 5.09. The van der Waals surface area contributed by atoms with Crippen LogP contribution in [0.3, 0.4) is 0 Å². The van der Waals surface area contributed by atoms with Crippen LogP contribution in [-0.4, -0.2) is 48.7 Å². The topological polar surface area (TPSA) is 58.4 Å². The molecule has 0 saturated carbocycles. The lowest BCUT2D eigenvalue weighted by Gasteiger charge is -2.47. The van der Waals surface area contributed by atoms with E-state index in [-0.39, 0.29) is 12.1 Å². The van der Waals surface area contributed by atoms with Crippen LogP contribution in [0.4, 0.5) is 13.2 Å². The summed E-state index contributed by atoms with van der Waals surface area (Å²) in [6, 6.07) is 0. The third-order valence-corrected chi connectivity index (χ3v) is 2.63. The number of halogens is 3. The molecule has 1 heterocycles. The molecule has 1 aliphatic rings. The molecule has 0 aliphatic carbocycles. The van der Waals surface area contributed by atoms with Crippen molar-refractivity contribution in [1.29, 1.82) is 0 Å². The molecule has 16 heavy (non-hydrogen) atoms. The smallest absolute Gasteiger partial charge is 0.346 e. The van der Waals surface area contributed by atoms with E-state index in [2.05, 4.69) is 0 Å². The molecule has 1 aliphatic heterocycles. The summed E-state index contributed by atoms with van der Waals surface area (Å²) in [7, 11) is 0. The molecule has 1 saturated heterocycles. The molecule has 1 fully saturated rings. The highest BCUT2D eigenvalue weighted by Crippen LogP contribution is 2.20. The number of nitrogens with zero attached hydrogens (tertiary/aromatic N) is 1. The highest BCUT2D eigenvalue weighted by molar-refractivity contribution is 5.78. The van der Waals surface area contributed by atoms with Gasteiger partial charge in [-0.15, -0.1) is 0 Å². The molecule has 0 radical (unpaired) electrons. The largest absolute Gasteiger partial charge is 0.405 e. The Morgan fingerprint density at radius 3 is 2.50 bits per heavy atom. The van der Waals surface area contributed by atoms with Gasteiger partial charge in [-0.1, -0.05) is 6.92 Å². The Balaban J connectivity index is 2.18. The minimum Gasteiger partial charge on any atom is -0.346 e. The van der Waals surface area contributed by atoms with Crippen LogP contribution in [0.2, 0.25) is 0 Å². The number of likely N-dealkylation sites (tertiary alicyclic amines) is 1. The maximum Gasteiger partial charge on any atom is 0.405 e. The summed E-state index contributed by atoms with van der Waals surface area (Å²) in [4.78, 5) is 12.8. The van der Waals surface area contributed by atoms with Crippen molar-refractivity contribution in [3.05, 3.63) is 0 Å². The van der Waals surface area contributed by atoms with E-state index in [1.54, 1.807) is 4.90 Å². The SMILES string of the molecule is CCC1(N)CN(CC(=O)NCC(F)(F)F)C1. The number of nitrogens with two attached hydrogens (primary N) is 1. The molecule has 0 atom stereocenters. The second-order valence-electron chi connectivity index (χ2n) is 4.25. The second-order valence-corrected chi connectivity index (χ2v) is 4.25. The van der Waals surface area contributed by atoms with Gasteiger partial charge in [0.2, 0.25) is 5.91 Å². The van der Waals surface area contributed by atoms with Crippen LogP contribution >= 0.6 is 0 Å². The van der Waals surface area contributed by atoms with E-state index >= 15 is 0 Å². The summed E-state index contributed by atoms with van der Waals surface area (Å²) in [6.45, 7) is 1.77. The molecule has 0 spiro atoms. The van der Waals surface area contributed by atoms with Crippen molar-refractivity contribution in [2.75, 3.05) is 26.2 Å². The van der Waals surface area contributed by atoms with E-state index in [0.717, 1.165) is 6.42 Å². The highest BCUT2D eigenvalue weighted by atomic mass is 19.4. The standard InChI is InChI=1S/C9H16F3N3O/c1-2-8(13)5-15(6-8)3-7(16)14-4-9(10,11)12/h2-6,13H2,1H3,(H,14,16). The average molecular weight is 239 g/mol. The summed E-state index contributed by atoms with van der Waals surface area (Å²) in [5.41, 5.74) is 5.58. The number of hydrogen-bond donors (Lipinski definition) is 2. The van der Waals surface area contributed by atoms with Gasteiger partial charge in [-0.2, -0.15) is 13.2 Å². The van der Waals surface area contributed by atoms with Gasteiger partial charge in [0.1, 0.15) is 6.54 Å². The lowest BCUT2D eigenvalue weighted by atomic mass is 9.88. The molecule has 94 valence electrons. The van der Waals surface area contributed by atoms with Gasteiger partial charge in [-0.25, -0.2) is 0 Å². The first-order valence-corrected chi connectivity index (χ1v) is 5.09. The van der Waals surface area contributed by atoms with Gasteiger partial charge < -0.3 is 11.1 Å². The zero-order valence-corrected chi connectivity index (χ0v) is 9.10. The molecule has 4 nitrogen and oxygen atoms in total. The maximum atomic E-state index is 11.8. The van der Waals surface area contributed by atoms with E-state index in [9.17, 15) is 18.0 Å². The van der Waals surface area contributed by atoms with Crippen molar-refractivity contribution in [3.8, 4) is 0 Å². The number of carbonyl (C=O) groups is 1. The van der Waals surface area contributed by atoms with E-state index in [4.69, 9.17) is 5.73 Å². The van der Waals surface area contributed by atoms with Crippen molar-refractivity contribution in [2.24, 2.45) is 5.73 Å². The van der Waals surface area contributed by atoms with Crippen LogP contribution in [0.25, 0.3) is 0 Å². The highest BCUT2D eigenvalue weighted by Gasteiger charge is 2.38. The van der Waals surface area contributed by atoms with Gasteiger partial charge in [0, 0.05) is 18.6 Å². The number of alkyl halides is 3. The van der Waals surface area contributed by atoms with E-state index in [1.165, 1.54) is 0 Å². The third kappa shape index (κ3) is 3.97. The first kappa shape index (κ1) is 13.2. The zero-order valence-electron chi connectivity index (χ0n) is 9.10. The van der Waals surface area contributed by atoms with Crippen LogP contribution in [0.5, 0.6) is 0 Å². The molecule has 1 rings (SSSR count). The number of rotatable bonds is 4. The molecule has 0 bridgehead atoms. The van der Waals surface area contributed by atoms with Crippen molar-refractivity contribution < 1.29 is 18.0 Å². The predicted molar refractivity (Wildman–Crippen MR) is 52.7 cm³/mol. The van der Waals surface area contributed by atoms with Crippen molar-refractivity contribution in [3.63, 3.8) is 0 Å². The first-order chi connectivity index (χ1) is 7.24. The Hall–Kier alpha value is -0.820. The van der Waals surface area contributed by atoms with Gasteiger partial charge in [0.05, 0.1) is 6.54 Å². The number of carbonyl (C=O) groups excluding carboxylic acids is 1. The fourth-order valence-corrected chi connectivity index (χ4v) is 1.64. The normalized spacial score (nSPS) is 20.3. The molecule has 0 aromatic rings. The Morgan fingerprint density at radius 1 is 1.50 bits per heavy atom. The molecule has 0 aromatic heterocycles. The van der Waals surface area contributed by atoms with E-state index < -0.39 is 18.6 Å². The fourth-order valence-electron chi connectivity index (χ4n) is 1.64. The predicted octanol–water partition coefficient (Wildman–Crippen LogP) is 0.0880. The van der Waals surface area contributed by atoms with E-state index in [1.807, 2.05) is 12.2 Å². The molecule has 3 N–H and O–H groups in total. The third-order valence-electron chi connectivity index (χ3n) is 2.63.